The third kappa shape index (κ3) is 3.81. The largest absolute Gasteiger partial charge is 0.464 e. The molecule has 0 aliphatic carbocycles. The molecule has 3 rings (SSSR count). The fourth-order valence-corrected chi connectivity index (χ4v) is 3.80. The van der Waals surface area contributed by atoms with Gasteiger partial charge in [0, 0.05) is 10.9 Å². The lowest BCUT2D eigenvalue weighted by Crippen LogP contribution is -2.29. The number of fused-ring (bicyclic) bond motifs is 1. The van der Waals surface area contributed by atoms with Gasteiger partial charge in [0.05, 0.1) is 18.3 Å². The van der Waals surface area contributed by atoms with Gasteiger partial charge in [-0.25, -0.2) is 9.78 Å². The number of nitrogens with zero attached hydrogens (tertiary/aromatic N) is 2. The average molecular weight is 385 g/mol. The van der Waals surface area contributed by atoms with Crippen molar-refractivity contribution in [1.82, 2.24) is 9.55 Å². The molecule has 1 aromatic carbocycles. The predicted octanol–water partition coefficient (Wildman–Crippen LogP) is 4.65. The maximum absolute atomic E-state index is 13.1. The molecule has 0 amide bonds. The molecule has 0 radical (unpaired) electrons. The summed E-state index contributed by atoms with van der Waals surface area (Å²) in [6, 6.07) is 5.44. The van der Waals surface area contributed by atoms with Gasteiger partial charge in [-0.2, -0.15) is 0 Å². The molecule has 2 aromatic heterocycles. The standard InChI is InChI=1S/C21H24N2O3S/c1-5-6-9-26-21(25)15(4)23-12-22-19-18(20(23)24)17(11-27-19)16-8-7-13(2)14(3)10-16/h7-8,10-12,15H,5-6,9H2,1-4H3/t15-/m1/s1. The molecule has 0 bridgehead atoms. The highest BCUT2D eigenvalue weighted by Gasteiger charge is 2.21. The van der Waals surface area contributed by atoms with E-state index in [0.717, 1.165) is 24.0 Å². The maximum Gasteiger partial charge on any atom is 0.328 e. The second kappa shape index (κ2) is 8.05. The fraction of sp³-hybridized carbons (Fsp3) is 0.381. The Kier molecular flexibility index (Phi) is 5.75. The topological polar surface area (TPSA) is 61.2 Å². The first-order chi connectivity index (χ1) is 12.9. The van der Waals surface area contributed by atoms with Crippen LogP contribution in [0, 0.1) is 13.8 Å². The van der Waals surface area contributed by atoms with Crippen molar-refractivity contribution in [2.75, 3.05) is 6.61 Å². The van der Waals surface area contributed by atoms with Crippen LogP contribution >= 0.6 is 11.3 Å². The van der Waals surface area contributed by atoms with Crippen LogP contribution in [0.2, 0.25) is 0 Å². The van der Waals surface area contributed by atoms with Gasteiger partial charge in [0.1, 0.15) is 10.9 Å². The Labute approximate surface area is 162 Å². The van der Waals surface area contributed by atoms with E-state index in [2.05, 4.69) is 31.0 Å². The highest BCUT2D eigenvalue weighted by atomic mass is 32.1. The van der Waals surface area contributed by atoms with Crippen LogP contribution in [0.15, 0.2) is 34.7 Å². The van der Waals surface area contributed by atoms with Crippen molar-refractivity contribution < 1.29 is 9.53 Å². The van der Waals surface area contributed by atoms with Crippen LogP contribution in [-0.4, -0.2) is 22.1 Å². The lowest BCUT2D eigenvalue weighted by Gasteiger charge is -2.14. The minimum absolute atomic E-state index is 0.214. The van der Waals surface area contributed by atoms with Crippen LogP contribution in [-0.2, 0) is 9.53 Å². The van der Waals surface area contributed by atoms with Gasteiger partial charge in [-0.1, -0.05) is 31.5 Å². The molecular weight excluding hydrogens is 360 g/mol. The normalized spacial score (nSPS) is 12.3. The van der Waals surface area contributed by atoms with E-state index >= 15 is 0 Å². The number of ether oxygens (including phenoxy) is 1. The Morgan fingerprint density at radius 2 is 2.07 bits per heavy atom. The highest BCUT2D eigenvalue weighted by Crippen LogP contribution is 2.31. The van der Waals surface area contributed by atoms with Gasteiger partial charge in [0.15, 0.2) is 0 Å². The molecule has 142 valence electrons. The van der Waals surface area contributed by atoms with Gasteiger partial charge in [0.25, 0.3) is 5.56 Å². The van der Waals surface area contributed by atoms with Gasteiger partial charge in [-0.3, -0.25) is 9.36 Å². The Hall–Kier alpha value is -2.47. The number of esters is 1. The van der Waals surface area contributed by atoms with Crippen molar-refractivity contribution in [2.45, 2.75) is 46.6 Å². The van der Waals surface area contributed by atoms with Gasteiger partial charge in [-0.05, 0) is 43.9 Å². The van der Waals surface area contributed by atoms with E-state index in [4.69, 9.17) is 4.74 Å². The third-order valence-corrected chi connectivity index (χ3v) is 5.72. The minimum atomic E-state index is -0.709. The summed E-state index contributed by atoms with van der Waals surface area (Å²) >= 11 is 1.44. The second-order valence-corrected chi connectivity index (χ2v) is 7.64. The molecule has 0 N–H and O–H groups in total. The van der Waals surface area contributed by atoms with Crippen molar-refractivity contribution in [1.29, 1.82) is 0 Å². The summed E-state index contributed by atoms with van der Waals surface area (Å²) in [4.78, 5) is 30.5. The van der Waals surface area contributed by atoms with Crippen molar-refractivity contribution >= 4 is 27.5 Å². The van der Waals surface area contributed by atoms with Crippen LogP contribution in [0.1, 0.15) is 43.9 Å². The predicted molar refractivity (Wildman–Crippen MR) is 109 cm³/mol. The summed E-state index contributed by atoms with van der Waals surface area (Å²) in [5.74, 6) is -0.408. The first-order valence-corrected chi connectivity index (χ1v) is 10.0. The van der Waals surface area contributed by atoms with E-state index in [1.54, 1.807) is 6.92 Å². The van der Waals surface area contributed by atoms with Crippen molar-refractivity contribution in [3.8, 4) is 11.1 Å². The fourth-order valence-electron chi connectivity index (χ4n) is 2.89. The zero-order chi connectivity index (χ0) is 19.6. The summed E-state index contributed by atoms with van der Waals surface area (Å²) in [6.07, 6.45) is 3.20. The number of carbonyl (C=O) groups is 1. The van der Waals surface area contributed by atoms with Crippen molar-refractivity contribution in [3.05, 3.63) is 51.4 Å². The summed E-state index contributed by atoms with van der Waals surface area (Å²) in [5, 5.41) is 2.51. The Morgan fingerprint density at radius 3 is 2.78 bits per heavy atom. The highest BCUT2D eigenvalue weighted by molar-refractivity contribution is 7.17. The van der Waals surface area contributed by atoms with Crippen LogP contribution in [0.3, 0.4) is 0 Å². The minimum Gasteiger partial charge on any atom is -0.464 e. The quantitative estimate of drug-likeness (QED) is 0.459. The molecule has 0 spiro atoms. The molecule has 0 saturated heterocycles. The van der Waals surface area contributed by atoms with E-state index in [1.165, 1.54) is 33.4 Å². The molecule has 3 aromatic rings. The molecule has 0 saturated carbocycles. The van der Waals surface area contributed by atoms with Gasteiger partial charge in [0.2, 0.25) is 0 Å². The zero-order valence-electron chi connectivity index (χ0n) is 16.1. The molecule has 0 aliphatic heterocycles. The molecule has 27 heavy (non-hydrogen) atoms. The van der Waals surface area contributed by atoms with E-state index in [-0.39, 0.29) is 5.56 Å². The molecule has 1 atom stereocenters. The molecule has 0 aliphatic rings. The van der Waals surface area contributed by atoms with Gasteiger partial charge in [-0.15, -0.1) is 11.3 Å². The van der Waals surface area contributed by atoms with E-state index in [9.17, 15) is 9.59 Å². The Bertz CT molecular complexity index is 1040. The number of hydrogen-bond acceptors (Lipinski definition) is 5. The number of benzene rings is 1. The summed E-state index contributed by atoms with van der Waals surface area (Å²) in [7, 11) is 0. The number of thiophene rings is 1. The molecule has 6 heteroatoms. The smallest absolute Gasteiger partial charge is 0.328 e. The van der Waals surface area contributed by atoms with Crippen molar-refractivity contribution in [2.24, 2.45) is 0 Å². The van der Waals surface area contributed by atoms with Crippen LogP contribution in [0.25, 0.3) is 21.3 Å². The molecule has 5 nitrogen and oxygen atoms in total. The number of unbranched alkanes of at least 4 members (excludes halogenated alkanes) is 1. The lowest BCUT2D eigenvalue weighted by molar-refractivity contribution is -0.147. The van der Waals surface area contributed by atoms with Gasteiger partial charge < -0.3 is 4.74 Å². The second-order valence-electron chi connectivity index (χ2n) is 6.78. The average Bonchev–Trinajstić information content (AvgIpc) is 3.09. The summed E-state index contributed by atoms with van der Waals surface area (Å²) in [6.45, 7) is 8.19. The van der Waals surface area contributed by atoms with E-state index in [1.807, 2.05) is 18.4 Å². The SMILES string of the molecule is CCCCOC(=O)[C@@H](C)n1cnc2scc(-c3ccc(C)c(C)c3)c2c1=O. The van der Waals surface area contributed by atoms with Crippen LogP contribution < -0.4 is 5.56 Å². The van der Waals surface area contributed by atoms with Gasteiger partial charge >= 0.3 is 5.97 Å². The number of rotatable bonds is 6. The number of carbonyl (C=O) groups excluding carboxylic acids is 1. The maximum atomic E-state index is 13.1. The number of hydrogen-bond donors (Lipinski definition) is 0. The van der Waals surface area contributed by atoms with E-state index < -0.39 is 12.0 Å². The lowest BCUT2D eigenvalue weighted by atomic mass is 10.0. The Balaban J connectivity index is 2.02. The zero-order valence-corrected chi connectivity index (χ0v) is 16.9. The molecule has 0 fully saturated rings. The monoisotopic (exact) mass is 384 g/mol. The third-order valence-electron chi connectivity index (χ3n) is 4.84. The van der Waals surface area contributed by atoms with Crippen LogP contribution in [0.5, 0.6) is 0 Å². The number of aryl methyl sites for hydroxylation is 2. The molecule has 0 unspecified atom stereocenters. The Morgan fingerprint density at radius 1 is 1.30 bits per heavy atom. The van der Waals surface area contributed by atoms with Crippen LogP contribution in [0.4, 0.5) is 0 Å². The first-order valence-electron chi connectivity index (χ1n) is 9.16. The summed E-state index contributed by atoms with van der Waals surface area (Å²) in [5.41, 5.74) is 4.01. The van der Waals surface area contributed by atoms with Crippen molar-refractivity contribution in [3.63, 3.8) is 0 Å². The first kappa shape index (κ1) is 19.3. The summed E-state index contributed by atoms with van der Waals surface area (Å²) < 4.78 is 6.64. The molecule has 2 heterocycles. The number of aromatic nitrogens is 2. The molecular formula is C21H24N2O3S. The van der Waals surface area contributed by atoms with E-state index in [0.29, 0.717) is 16.8 Å².